The van der Waals surface area contributed by atoms with E-state index in [2.05, 4.69) is 5.38 Å². The number of ether oxygens (including phenoxy) is 1. The summed E-state index contributed by atoms with van der Waals surface area (Å²) in [6.45, 7) is 1.76. The van der Waals surface area contributed by atoms with Gasteiger partial charge >= 0.3 is 0 Å². The maximum atomic E-state index is 12.5. The highest BCUT2D eigenvalue weighted by Crippen LogP contribution is 2.13. The van der Waals surface area contributed by atoms with Gasteiger partial charge in [0.2, 0.25) is 5.91 Å². The lowest BCUT2D eigenvalue weighted by Gasteiger charge is -2.22. The monoisotopic (exact) mass is 323 g/mol. The second-order valence-corrected chi connectivity index (χ2v) is 5.96. The molecule has 0 atom stereocenters. The van der Waals surface area contributed by atoms with Gasteiger partial charge in [0, 0.05) is 25.2 Å². The van der Waals surface area contributed by atoms with Crippen LogP contribution in [0, 0.1) is 0 Å². The van der Waals surface area contributed by atoms with E-state index in [1.165, 1.54) is 0 Å². The Labute approximate surface area is 134 Å². The molecule has 0 bridgehead atoms. The fourth-order valence-electron chi connectivity index (χ4n) is 1.99. The average molecular weight is 324 g/mol. The molecule has 1 aromatic heterocycles. The van der Waals surface area contributed by atoms with Gasteiger partial charge in [-0.15, -0.1) is 0 Å². The number of nitrogens with zero attached hydrogens (tertiary/aromatic N) is 1. The number of methoxy groups -OCH3 is 1. The fourth-order valence-corrected chi connectivity index (χ4v) is 2.77. The average Bonchev–Trinajstić information content (AvgIpc) is 2.98. The van der Waals surface area contributed by atoms with Gasteiger partial charge in [0.05, 0.1) is 13.0 Å². The van der Waals surface area contributed by atoms with Crippen molar-refractivity contribution in [3.8, 4) is 0 Å². The molecule has 1 amide bonds. The highest BCUT2D eigenvalue weighted by atomic mass is 35.5. The summed E-state index contributed by atoms with van der Waals surface area (Å²) in [7, 11) is 1.65. The number of thiophene rings is 1. The van der Waals surface area contributed by atoms with Crippen LogP contribution in [0.5, 0.6) is 0 Å². The Morgan fingerprint density at radius 2 is 2.00 bits per heavy atom. The maximum Gasteiger partial charge on any atom is 0.227 e. The van der Waals surface area contributed by atoms with Crippen LogP contribution >= 0.6 is 22.9 Å². The SMILES string of the molecule is COCCN(Cc1ccsc1)C(=O)Cc1ccc(Cl)cc1. The maximum absolute atomic E-state index is 12.5. The minimum absolute atomic E-state index is 0.0978. The predicted molar refractivity (Wildman–Crippen MR) is 86.8 cm³/mol. The van der Waals surface area contributed by atoms with E-state index < -0.39 is 0 Å². The summed E-state index contributed by atoms with van der Waals surface area (Å²) >= 11 is 7.50. The molecule has 0 fully saturated rings. The number of rotatable bonds is 7. The largest absolute Gasteiger partial charge is 0.383 e. The van der Waals surface area contributed by atoms with Crippen molar-refractivity contribution in [2.24, 2.45) is 0 Å². The van der Waals surface area contributed by atoms with Gasteiger partial charge in [-0.2, -0.15) is 11.3 Å². The number of hydrogen-bond acceptors (Lipinski definition) is 3. The molecule has 0 aliphatic heterocycles. The Balaban J connectivity index is 2.00. The number of benzene rings is 1. The summed E-state index contributed by atoms with van der Waals surface area (Å²) in [6, 6.07) is 9.43. The van der Waals surface area contributed by atoms with Crippen LogP contribution in [0.15, 0.2) is 41.1 Å². The van der Waals surface area contributed by atoms with Gasteiger partial charge in [-0.1, -0.05) is 23.7 Å². The molecule has 2 rings (SSSR count). The summed E-state index contributed by atoms with van der Waals surface area (Å²) in [5, 5.41) is 4.77. The van der Waals surface area contributed by atoms with E-state index in [0.717, 1.165) is 11.1 Å². The van der Waals surface area contributed by atoms with Crippen LogP contribution in [0.4, 0.5) is 0 Å². The van der Waals surface area contributed by atoms with Crippen LogP contribution in [0.1, 0.15) is 11.1 Å². The minimum atomic E-state index is 0.0978. The molecular formula is C16H18ClNO2S. The van der Waals surface area contributed by atoms with Crippen LogP contribution in [0.25, 0.3) is 0 Å². The number of halogens is 1. The number of carbonyl (C=O) groups is 1. The lowest BCUT2D eigenvalue weighted by atomic mass is 10.1. The second-order valence-electron chi connectivity index (χ2n) is 4.74. The van der Waals surface area contributed by atoms with Crippen LogP contribution in [0.2, 0.25) is 5.02 Å². The number of carbonyl (C=O) groups excluding carboxylic acids is 1. The molecule has 0 unspecified atom stereocenters. The van der Waals surface area contributed by atoms with Gasteiger partial charge in [0.25, 0.3) is 0 Å². The van der Waals surface area contributed by atoms with Crippen molar-refractivity contribution < 1.29 is 9.53 Å². The third-order valence-electron chi connectivity index (χ3n) is 3.14. The quantitative estimate of drug-likeness (QED) is 0.779. The lowest BCUT2D eigenvalue weighted by Crippen LogP contribution is -2.34. The van der Waals surface area contributed by atoms with Crippen LogP contribution < -0.4 is 0 Å². The first-order valence-corrected chi connectivity index (χ1v) is 8.03. The first kappa shape index (κ1) is 16.0. The molecule has 0 radical (unpaired) electrons. The highest BCUT2D eigenvalue weighted by Gasteiger charge is 2.14. The molecule has 3 nitrogen and oxygen atoms in total. The van der Waals surface area contributed by atoms with Crippen molar-refractivity contribution in [1.82, 2.24) is 4.90 Å². The van der Waals surface area contributed by atoms with E-state index in [1.54, 1.807) is 18.4 Å². The van der Waals surface area contributed by atoms with E-state index in [-0.39, 0.29) is 5.91 Å². The van der Waals surface area contributed by atoms with Gasteiger partial charge in [0.15, 0.2) is 0 Å². The Kier molecular flexibility index (Phi) is 6.23. The molecule has 112 valence electrons. The standard InChI is InChI=1S/C16H18ClNO2S/c1-20-8-7-18(11-14-6-9-21-12-14)16(19)10-13-2-4-15(17)5-3-13/h2-6,9,12H,7-8,10-11H2,1H3. The van der Waals surface area contributed by atoms with Crippen LogP contribution in [0.3, 0.4) is 0 Å². The second kappa shape index (κ2) is 8.17. The molecule has 0 saturated carbocycles. The van der Waals surface area contributed by atoms with Crippen molar-refractivity contribution in [3.63, 3.8) is 0 Å². The van der Waals surface area contributed by atoms with Crippen molar-refractivity contribution in [2.45, 2.75) is 13.0 Å². The van der Waals surface area contributed by atoms with Crippen LogP contribution in [-0.4, -0.2) is 31.1 Å². The van der Waals surface area contributed by atoms with Gasteiger partial charge in [-0.3, -0.25) is 4.79 Å². The third kappa shape index (κ3) is 5.16. The van der Waals surface area contributed by atoms with Crippen molar-refractivity contribution in [2.75, 3.05) is 20.3 Å². The number of amides is 1. The molecule has 0 aliphatic rings. The summed E-state index contributed by atoms with van der Waals surface area (Å²) in [5.41, 5.74) is 2.12. The summed E-state index contributed by atoms with van der Waals surface area (Å²) in [5.74, 6) is 0.0978. The van der Waals surface area contributed by atoms with Crippen molar-refractivity contribution in [3.05, 3.63) is 57.2 Å². The highest BCUT2D eigenvalue weighted by molar-refractivity contribution is 7.07. The van der Waals surface area contributed by atoms with Crippen molar-refractivity contribution in [1.29, 1.82) is 0 Å². The lowest BCUT2D eigenvalue weighted by molar-refractivity contribution is -0.131. The topological polar surface area (TPSA) is 29.5 Å². The molecule has 0 saturated heterocycles. The van der Waals surface area contributed by atoms with Gasteiger partial charge in [0.1, 0.15) is 0 Å². The molecule has 2 aromatic rings. The summed E-state index contributed by atoms with van der Waals surface area (Å²) in [4.78, 5) is 14.3. The Morgan fingerprint density at radius 3 is 2.62 bits per heavy atom. The molecule has 1 heterocycles. The molecule has 0 aliphatic carbocycles. The molecule has 1 aromatic carbocycles. The molecule has 0 N–H and O–H groups in total. The zero-order valence-electron chi connectivity index (χ0n) is 11.9. The summed E-state index contributed by atoms with van der Waals surface area (Å²) < 4.78 is 5.10. The van der Waals surface area contributed by atoms with Gasteiger partial charge < -0.3 is 9.64 Å². The Bertz CT molecular complexity index is 554. The first-order chi connectivity index (χ1) is 10.2. The van der Waals surface area contributed by atoms with E-state index in [0.29, 0.717) is 31.1 Å². The van der Waals surface area contributed by atoms with Crippen molar-refractivity contribution >= 4 is 28.8 Å². The van der Waals surface area contributed by atoms with E-state index in [4.69, 9.17) is 16.3 Å². The molecule has 5 heteroatoms. The minimum Gasteiger partial charge on any atom is -0.383 e. The Hall–Kier alpha value is -1.36. The zero-order valence-corrected chi connectivity index (χ0v) is 13.5. The normalized spacial score (nSPS) is 10.6. The van der Waals surface area contributed by atoms with Gasteiger partial charge in [-0.25, -0.2) is 0 Å². The summed E-state index contributed by atoms with van der Waals surface area (Å²) in [6.07, 6.45) is 0.380. The van der Waals surface area contributed by atoms with E-state index in [1.807, 2.05) is 40.6 Å². The van der Waals surface area contributed by atoms with Crippen LogP contribution in [-0.2, 0) is 22.5 Å². The van der Waals surface area contributed by atoms with Gasteiger partial charge in [-0.05, 0) is 40.1 Å². The van der Waals surface area contributed by atoms with E-state index in [9.17, 15) is 4.79 Å². The number of hydrogen-bond donors (Lipinski definition) is 0. The fraction of sp³-hybridized carbons (Fsp3) is 0.312. The first-order valence-electron chi connectivity index (χ1n) is 6.71. The third-order valence-corrected chi connectivity index (χ3v) is 4.12. The Morgan fingerprint density at radius 1 is 1.24 bits per heavy atom. The molecule has 21 heavy (non-hydrogen) atoms. The smallest absolute Gasteiger partial charge is 0.227 e. The molecular weight excluding hydrogens is 306 g/mol. The predicted octanol–water partition coefficient (Wildman–Crippen LogP) is 3.62. The van der Waals surface area contributed by atoms with E-state index >= 15 is 0 Å². The zero-order chi connectivity index (χ0) is 15.1. The molecule has 0 spiro atoms.